The second-order valence-electron chi connectivity index (χ2n) is 7.56. The fraction of sp³-hybridized carbons (Fsp3) is 0.250. The highest BCUT2D eigenvalue weighted by Crippen LogP contribution is 2.30. The van der Waals surface area contributed by atoms with Crippen molar-refractivity contribution in [2.75, 3.05) is 6.54 Å². The number of fused-ring (bicyclic) bond motifs is 2. The fourth-order valence-electron chi connectivity index (χ4n) is 3.66. The summed E-state index contributed by atoms with van der Waals surface area (Å²) in [6.07, 6.45) is 0.593. The first kappa shape index (κ1) is 19.8. The van der Waals surface area contributed by atoms with Crippen molar-refractivity contribution in [1.29, 1.82) is 0 Å². The molecule has 154 valence electrons. The molecule has 0 atom stereocenters. The molecular formula is C24H23NO5. The Morgan fingerprint density at radius 1 is 0.967 bits per heavy atom. The summed E-state index contributed by atoms with van der Waals surface area (Å²) in [5.41, 5.74) is 3.79. The Bertz CT molecular complexity index is 1310. The van der Waals surface area contributed by atoms with Gasteiger partial charge in [0.2, 0.25) is 5.91 Å². The number of aromatic hydroxyl groups is 1. The number of furan rings is 1. The minimum Gasteiger partial charge on any atom is -0.508 e. The molecule has 6 nitrogen and oxygen atoms in total. The predicted octanol–water partition coefficient (Wildman–Crippen LogP) is 4.07. The van der Waals surface area contributed by atoms with Crippen LogP contribution in [-0.2, 0) is 17.6 Å². The molecular weight excluding hydrogens is 382 g/mol. The lowest BCUT2D eigenvalue weighted by atomic mass is 10.0. The van der Waals surface area contributed by atoms with Crippen molar-refractivity contribution in [3.05, 3.63) is 74.8 Å². The van der Waals surface area contributed by atoms with Crippen molar-refractivity contribution in [2.24, 2.45) is 0 Å². The number of amides is 1. The lowest BCUT2D eigenvalue weighted by Gasteiger charge is -2.09. The number of nitrogens with one attached hydrogen (secondary N) is 1. The molecule has 0 aliphatic rings. The topological polar surface area (TPSA) is 92.7 Å². The van der Waals surface area contributed by atoms with Crippen LogP contribution in [0.25, 0.3) is 21.9 Å². The van der Waals surface area contributed by atoms with Crippen LogP contribution in [-0.4, -0.2) is 17.6 Å². The summed E-state index contributed by atoms with van der Waals surface area (Å²) >= 11 is 0. The van der Waals surface area contributed by atoms with Crippen LogP contribution in [0.2, 0.25) is 0 Å². The normalized spacial score (nSPS) is 11.3. The van der Waals surface area contributed by atoms with Gasteiger partial charge in [0.1, 0.15) is 22.7 Å². The summed E-state index contributed by atoms with van der Waals surface area (Å²) in [6.45, 7) is 6.17. The first-order chi connectivity index (χ1) is 14.3. The van der Waals surface area contributed by atoms with Crippen molar-refractivity contribution >= 4 is 27.8 Å². The van der Waals surface area contributed by atoms with E-state index in [4.69, 9.17) is 8.83 Å². The zero-order valence-electron chi connectivity index (χ0n) is 17.2. The van der Waals surface area contributed by atoms with Crippen LogP contribution in [0.5, 0.6) is 5.75 Å². The maximum Gasteiger partial charge on any atom is 0.340 e. The zero-order chi connectivity index (χ0) is 21.4. The largest absolute Gasteiger partial charge is 0.508 e. The molecule has 0 aliphatic heterocycles. The number of phenolic OH excluding ortho intramolecular Hbond substituents is 1. The summed E-state index contributed by atoms with van der Waals surface area (Å²) in [6, 6.07) is 10.5. The molecule has 0 saturated heterocycles. The Kier molecular flexibility index (Phi) is 5.08. The molecule has 1 amide bonds. The third kappa shape index (κ3) is 3.68. The number of carbonyl (C=O) groups excluding carboxylic acids is 1. The van der Waals surface area contributed by atoms with E-state index in [1.807, 2.05) is 39.0 Å². The highest BCUT2D eigenvalue weighted by Gasteiger charge is 2.17. The molecule has 4 rings (SSSR count). The molecule has 0 aliphatic carbocycles. The number of aryl methyl sites for hydroxylation is 3. The third-order valence-corrected chi connectivity index (χ3v) is 5.59. The van der Waals surface area contributed by atoms with E-state index in [2.05, 4.69) is 5.32 Å². The van der Waals surface area contributed by atoms with E-state index in [0.29, 0.717) is 29.7 Å². The molecule has 2 aromatic heterocycles. The summed E-state index contributed by atoms with van der Waals surface area (Å²) in [5.74, 6) is 0.799. The summed E-state index contributed by atoms with van der Waals surface area (Å²) in [4.78, 5) is 24.9. The second kappa shape index (κ2) is 7.71. The van der Waals surface area contributed by atoms with E-state index in [1.165, 1.54) is 0 Å². The zero-order valence-corrected chi connectivity index (χ0v) is 17.2. The number of hydrogen-bond donors (Lipinski definition) is 2. The van der Waals surface area contributed by atoms with Gasteiger partial charge in [-0.05, 0) is 62.1 Å². The highest BCUT2D eigenvalue weighted by atomic mass is 16.4. The van der Waals surface area contributed by atoms with Crippen molar-refractivity contribution in [1.82, 2.24) is 5.32 Å². The lowest BCUT2D eigenvalue weighted by Crippen LogP contribution is -2.29. The minimum absolute atomic E-state index is 0.0406. The number of carbonyl (C=O) groups is 1. The van der Waals surface area contributed by atoms with Crippen LogP contribution < -0.4 is 10.9 Å². The van der Waals surface area contributed by atoms with Gasteiger partial charge in [0, 0.05) is 23.4 Å². The van der Waals surface area contributed by atoms with Crippen LogP contribution in [0, 0.1) is 20.8 Å². The smallest absolute Gasteiger partial charge is 0.340 e. The van der Waals surface area contributed by atoms with Gasteiger partial charge in [-0.1, -0.05) is 12.1 Å². The summed E-state index contributed by atoms with van der Waals surface area (Å²) in [5, 5.41) is 13.9. The molecule has 0 fully saturated rings. The van der Waals surface area contributed by atoms with Gasteiger partial charge in [0.05, 0.1) is 12.0 Å². The fourth-order valence-corrected chi connectivity index (χ4v) is 3.66. The molecule has 2 heterocycles. The van der Waals surface area contributed by atoms with Gasteiger partial charge in [-0.25, -0.2) is 4.79 Å². The van der Waals surface area contributed by atoms with Gasteiger partial charge in [0.15, 0.2) is 0 Å². The average Bonchev–Trinajstić information content (AvgIpc) is 2.98. The number of hydrogen-bond acceptors (Lipinski definition) is 5. The molecule has 2 N–H and O–H groups in total. The van der Waals surface area contributed by atoms with Crippen LogP contribution in [0.1, 0.15) is 28.0 Å². The average molecular weight is 405 g/mol. The van der Waals surface area contributed by atoms with Gasteiger partial charge in [-0.2, -0.15) is 0 Å². The van der Waals surface area contributed by atoms with Gasteiger partial charge >= 0.3 is 5.63 Å². The van der Waals surface area contributed by atoms with Crippen molar-refractivity contribution in [3.8, 4) is 5.75 Å². The van der Waals surface area contributed by atoms with Crippen LogP contribution >= 0.6 is 0 Å². The number of benzene rings is 2. The Balaban J connectivity index is 1.55. The molecule has 2 aromatic carbocycles. The van der Waals surface area contributed by atoms with E-state index < -0.39 is 5.63 Å². The Morgan fingerprint density at radius 3 is 2.37 bits per heavy atom. The summed E-state index contributed by atoms with van der Waals surface area (Å²) < 4.78 is 11.2. The second-order valence-corrected chi connectivity index (χ2v) is 7.56. The molecule has 0 bridgehead atoms. The Labute approximate surface area is 173 Å². The Morgan fingerprint density at radius 2 is 1.63 bits per heavy atom. The monoisotopic (exact) mass is 405 g/mol. The highest BCUT2D eigenvalue weighted by molar-refractivity contribution is 5.97. The first-order valence-corrected chi connectivity index (χ1v) is 9.84. The maximum atomic E-state index is 12.5. The van der Waals surface area contributed by atoms with E-state index >= 15 is 0 Å². The molecule has 4 aromatic rings. The number of rotatable bonds is 5. The SMILES string of the molecule is Cc1oc2cc3oc(=O)c(CC(=O)NCCc4ccc(O)cc4)c(C)c3cc2c1C. The quantitative estimate of drug-likeness (QED) is 0.488. The predicted molar refractivity (Wildman–Crippen MR) is 115 cm³/mol. The number of phenols is 1. The minimum atomic E-state index is -0.506. The van der Waals surface area contributed by atoms with Crippen LogP contribution in [0.4, 0.5) is 0 Å². The summed E-state index contributed by atoms with van der Waals surface area (Å²) in [7, 11) is 0. The Hall–Kier alpha value is -3.54. The third-order valence-electron chi connectivity index (χ3n) is 5.59. The van der Waals surface area contributed by atoms with Crippen molar-refractivity contribution < 1.29 is 18.7 Å². The van der Waals surface area contributed by atoms with E-state index in [9.17, 15) is 14.7 Å². The lowest BCUT2D eigenvalue weighted by molar-refractivity contribution is -0.120. The standard InChI is InChI=1S/C24H23NO5/c1-13-15(3)29-21-12-22-19(10-18(13)21)14(2)20(24(28)30-22)11-23(27)25-9-8-16-4-6-17(26)7-5-16/h4-7,10,12,26H,8-9,11H2,1-3H3,(H,25,27). The van der Waals surface area contributed by atoms with Crippen molar-refractivity contribution in [2.45, 2.75) is 33.6 Å². The maximum absolute atomic E-state index is 12.5. The molecule has 0 saturated carbocycles. The van der Waals surface area contributed by atoms with Gasteiger partial charge < -0.3 is 19.3 Å². The van der Waals surface area contributed by atoms with E-state index in [-0.39, 0.29) is 18.1 Å². The first-order valence-electron chi connectivity index (χ1n) is 9.84. The molecule has 0 unspecified atom stereocenters. The van der Waals surface area contributed by atoms with E-state index in [0.717, 1.165) is 33.2 Å². The molecule has 0 radical (unpaired) electrons. The van der Waals surface area contributed by atoms with Gasteiger partial charge in [0.25, 0.3) is 0 Å². The molecule has 6 heteroatoms. The molecule has 30 heavy (non-hydrogen) atoms. The van der Waals surface area contributed by atoms with Crippen LogP contribution in [0.3, 0.4) is 0 Å². The molecule has 0 spiro atoms. The van der Waals surface area contributed by atoms with Gasteiger partial charge in [-0.15, -0.1) is 0 Å². The van der Waals surface area contributed by atoms with Crippen molar-refractivity contribution in [3.63, 3.8) is 0 Å². The van der Waals surface area contributed by atoms with Crippen LogP contribution in [0.15, 0.2) is 50.0 Å². The van der Waals surface area contributed by atoms with Gasteiger partial charge in [-0.3, -0.25) is 4.79 Å². The van der Waals surface area contributed by atoms with E-state index in [1.54, 1.807) is 18.2 Å².